The summed E-state index contributed by atoms with van der Waals surface area (Å²) in [5.41, 5.74) is 0. The SMILES string of the molecule is CCCC[C@H](NC(=O)NC1CC(=O)N(C)C1=O)C(=O)O. The van der Waals surface area contributed by atoms with Crippen LogP contribution in [0, 0.1) is 0 Å². The Morgan fingerprint density at radius 3 is 2.55 bits per heavy atom. The Balaban J connectivity index is 2.52. The summed E-state index contributed by atoms with van der Waals surface area (Å²) >= 11 is 0. The Labute approximate surface area is 116 Å². The van der Waals surface area contributed by atoms with Crippen LogP contribution in [0.25, 0.3) is 0 Å². The van der Waals surface area contributed by atoms with Gasteiger partial charge in [-0.2, -0.15) is 0 Å². The molecule has 1 aliphatic heterocycles. The molecule has 0 spiro atoms. The molecular formula is C12H19N3O5. The highest BCUT2D eigenvalue weighted by Gasteiger charge is 2.37. The van der Waals surface area contributed by atoms with E-state index >= 15 is 0 Å². The first kappa shape index (κ1) is 15.9. The summed E-state index contributed by atoms with van der Waals surface area (Å²) in [6.45, 7) is 1.91. The molecule has 1 aliphatic rings. The minimum absolute atomic E-state index is 0.102. The largest absolute Gasteiger partial charge is 0.480 e. The molecule has 0 aromatic carbocycles. The van der Waals surface area contributed by atoms with E-state index < -0.39 is 30.0 Å². The third-order valence-electron chi connectivity index (χ3n) is 3.14. The third-order valence-corrected chi connectivity index (χ3v) is 3.14. The highest BCUT2D eigenvalue weighted by atomic mass is 16.4. The number of aliphatic carboxylic acids is 1. The summed E-state index contributed by atoms with van der Waals surface area (Å²) in [6.07, 6.45) is 1.69. The summed E-state index contributed by atoms with van der Waals surface area (Å²) in [5, 5.41) is 13.6. The zero-order valence-corrected chi connectivity index (χ0v) is 11.5. The van der Waals surface area contributed by atoms with Gasteiger partial charge in [0.15, 0.2) is 0 Å². The van der Waals surface area contributed by atoms with Gasteiger partial charge in [-0.1, -0.05) is 19.8 Å². The van der Waals surface area contributed by atoms with Crippen molar-refractivity contribution in [1.29, 1.82) is 0 Å². The number of likely N-dealkylation sites (tertiary alicyclic amines) is 1. The second-order valence-corrected chi connectivity index (χ2v) is 4.70. The minimum Gasteiger partial charge on any atom is -0.480 e. The van der Waals surface area contributed by atoms with Gasteiger partial charge >= 0.3 is 12.0 Å². The molecule has 0 aromatic heterocycles. The number of hydrogen-bond donors (Lipinski definition) is 3. The molecule has 3 N–H and O–H groups in total. The van der Waals surface area contributed by atoms with Crippen molar-refractivity contribution in [2.24, 2.45) is 0 Å². The molecule has 112 valence electrons. The molecule has 20 heavy (non-hydrogen) atoms. The Morgan fingerprint density at radius 1 is 1.45 bits per heavy atom. The Hall–Kier alpha value is -2.12. The molecule has 0 bridgehead atoms. The van der Waals surface area contributed by atoms with Crippen LogP contribution in [0.1, 0.15) is 32.6 Å². The fraction of sp³-hybridized carbons (Fsp3) is 0.667. The smallest absolute Gasteiger partial charge is 0.326 e. The van der Waals surface area contributed by atoms with Crippen molar-refractivity contribution in [2.45, 2.75) is 44.7 Å². The van der Waals surface area contributed by atoms with Crippen molar-refractivity contribution in [1.82, 2.24) is 15.5 Å². The van der Waals surface area contributed by atoms with Gasteiger partial charge in [-0.3, -0.25) is 14.5 Å². The van der Waals surface area contributed by atoms with Crippen LogP contribution in [0.15, 0.2) is 0 Å². The average Bonchev–Trinajstić information content (AvgIpc) is 2.61. The van der Waals surface area contributed by atoms with Crippen LogP contribution in [0.4, 0.5) is 4.79 Å². The van der Waals surface area contributed by atoms with Gasteiger partial charge in [0.25, 0.3) is 5.91 Å². The maximum absolute atomic E-state index is 11.7. The molecule has 4 amide bonds. The lowest BCUT2D eigenvalue weighted by Crippen LogP contribution is -2.50. The molecule has 1 saturated heterocycles. The van der Waals surface area contributed by atoms with Gasteiger partial charge in [0.05, 0.1) is 6.42 Å². The molecule has 8 nitrogen and oxygen atoms in total. The monoisotopic (exact) mass is 285 g/mol. The first-order chi connectivity index (χ1) is 9.36. The van der Waals surface area contributed by atoms with E-state index in [1.807, 2.05) is 6.92 Å². The van der Waals surface area contributed by atoms with E-state index in [1.165, 1.54) is 7.05 Å². The predicted octanol–water partition coefficient (Wildman–Crippen LogP) is -0.314. The number of unbranched alkanes of at least 4 members (excludes halogenated alkanes) is 1. The van der Waals surface area contributed by atoms with Crippen LogP contribution in [-0.2, 0) is 14.4 Å². The number of carbonyl (C=O) groups is 4. The molecule has 1 unspecified atom stereocenters. The van der Waals surface area contributed by atoms with Crippen LogP contribution in [0.3, 0.4) is 0 Å². The van der Waals surface area contributed by atoms with E-state index in [4.69, 9.17) is 5.11 Å². The van der Waals surface area contributed by atoms with Crippen LogP contribution < -0.4 is 10.6 Å². The third kappa shape index (κ3) is 3.94. The molecule has 1 fully saturated rings. The molecule has 1 heterocycles. The first-order valence-electron chi connectivity index (χ1n) is 6.47. The number of rotatable bonds is 6. The topological polar surface area (TPSA) is 116 Å². The highest BCUT2D eigenvalue weighted by Crippen LogP contribution is 2.10. The van der Waals surface area contributed by atoms with Crippen LogP contribution in [0.5, 0.6) is 0 Å². The number of carboxylic acids is 1. The van der Waals surface area contributed by atoms with E-state index in [9.17, 15) is 19.2 Å². The second kappa shape index (κ2) is 6.88. The summed E-state index contributed by atoms with van der Waals surface area (Å²) in [5.74, 6) is -1.99. The van der Waals surface area contributed by atoms with E-state index in [0.717, 1.165) is 11.3 Å². The normalized spacial score (nSPS) is 19.9. The maximum Gasteiger partial charge on any atom is 0.326 e. The lowest BCUT2D eigenvalue weighted by molar-refractivity contribution is -0.139. The number of likely N-dealkylation sites (N-methyl/N-ethyl adjacent to an activating group) is 1. The highest BCUT2D eigenvalue weighted by molar-refractivity contribution is 6.06. The Morgan fingerprint density at radius 2 is 2.10 bits per heavy atom. The van der Waals surface area contributed by atoms with Crippen LogP contribution in [0.2, 0.25) is 0 Å². The maximum atomic E-state index is 11.7. The number of carboxylic acid groups (broad SMARTS) is 1. The molecule has 1 rings (SSSR count). The van der Waals surface area contributed by atoms with Gasteiger partial charge in [-0.15, -0.1) is 0 Å². The molecule has 8 heteroatoms. The standard InChI is InChI=1S/C12H19N3O5/c1-3-4-5-7(11(18)19)13-12(20)14-8-6-9(16)15(2)10(8)17/h7-8H,3-6H2,1-2H3,(H,18,19)(H2,13,14,20)/t7-,8?/m0/s1. The molecular weight excluding hydrogens is 266 g/mol. The van der Waals surface area contributed by atoms with Crippen molar-refractivity contribution in [2.75, 3.05) is 7.05 Å². The average molecular weight is 285 g/mol. The van der Waals surface area contributed by atoms with E-state index in [-0.39, 0.29) is 12.3 Å². The number of nitrogens with zero attached hydrogens (tertiary/aromatic N) is 1. The minimum atomic E-state index is -1.13. The second-order valence-electron chi connectivity index (χ2n) is 4.70. The van der Waals surface area contributed by atoms with Crippen molar-refractivity contribution in [3.8, 4) is 0 Å². The number of amides is 4. The zero-order valence-electron chi connectivity index (χ0n) is 11.5. The summed E-state index contributed by atoms with van der Waals surface area (Å²) in [4.78, 5) is 46.5. The predicted molar refractivity (Wildman–Crippen MR) is 68.8 cm³/mol. The molecule has 0 aromatic rings. The van der Waals surface area contributed by atoms with Crippen molar-refractivity contribution in [3.63, 3.8) is 0 Å². The number of hydrogen-bond acceptors (Lipinski definition) is 4. The van der Waals surface area contributed by atoms with E-state index in [2.05, 4.69) is 10.6 Å². The van der Waals surface area contributed by atoms with Crippen LogP contribution in [-0.4, -0.2) is 53.0 Å². The van der Waals surface area contributed by atoms with Crippen molar-refractivity contribution >= 4 is 23.8 Å². The summed E-state index contributed by atoms with van der Waals surface area (Å²) < 4.78 is 0. The molecule has 0 saturated carbocycles. The fourth-order valence-electron chi connectivity index (χ4n) is 1.89. The number of urea groups is 1. The number of imide groups is 1. The molecule has 0 aliphatic carbocycles. The van der Waals surface area contributed by atoms with Gasteiger partial charge in [0.2, 0.25) is 5.91 Å². The first-order valence-corrected chi connectivity index (χ1v) is 6.47. The lowest BCUT2D eigenvalue weighted by atomic mass is 10.1. The summed E-state index contributed by atoms with van der Waals surface area (Å²) in [6, 6.07) is -2.68. The quantitative estimate of drug-likeness (QED) is 0.579. The van der Waals surface area contributed by atoms with Crippen molar-refractivity contribution < 1.29 is 24.3 Å². The number of carbonyl (C=O) groups excluding carboxylic acids is 3. The van der Waals surface area contributed by atoms with Crippen molar-refractivity contribution in [3.05, 3.63) is 0 Å². The Kier molecular flexibility index (Phi) is 5.48. The van der Waals surface area contributed by atoms with E-state index in [1.54, 1.807) is 0 Å². The lowest BCUT2D eigenvalue weighted by Gasteiger charge is -2.16. The summed E-state index contributed by atoms with van der Waals surface area (Å²) in [7, 11) is 1.34. The van der Waals surface area contributed by atoms with Gasteiger partial charge in [-0.05, 0) is 6.42 Å². The fourth-order valence-corrected chi connectivity index (χ4v) is 1.89. The zero-order chi connectivity index (χ0) is 15.3. The van der Waals surface area contributed by atoms with Crippen LogP contribution >= 0.6 is 0 Å². The van der Waals surface area contributed by atoms with Gasteiger partial charge < -0.3 is 15.7 Å². The Bertz CT molecular complexity index is 423. The molecule has 0 radical (unpaired) electrons. The van der Waals surface area contributed by atoms with Gasteiger partial charge in [-0.25, -0.2) is 9.59 Å². The number of nitrogens with one attached hydrogen (secondary N) is 2. The van der Waals surface area contributed by atoms with E-state index in [0.29, 0.717) is 12.8 Å². The van der Waals surface area contributed by atoms with Gasteiger partial charge in [0, 0.05) is 7.05 Å². The molecule has 2 atom stereocenters. The van der Waals surface area contributed by atoms with Gasteiger partial charge in [0.1, 0.15) is 12.1 Å².